The fourth-order valence-electron chi connectivity index (χ4n) is 2.01. The normalized spacial score (nSPS) is 16.5. The summed E-state index contributed by atoms with van der Waals surface area (Å²) >= 11 is 1.97. The number of aromatic carboxylic acids is 1. The van der Waals surface area contributed by atoms with E-state index in [-0.39, 0.29) is 5.56 Å². The SMILES string of the molecule is O=C(O)c1ccc(NCC2CCSCC2)cc1F. The molecule has 1 saturated heterocycles. The van der Waals surface area contributed by atoms with Gasteiger partial charge in [-0.3, -0.25) is 0 Å². The average molecular weight is 269 g/mol. The monoisotopic (exact) mass is 269 g/mol. The van der Waals surface area contributed by atoms with Crippen molar-refractivity contribution in [2.24, 2.45) is 5.92 Å². The number of carbonyl (C=O) groups is 1. The Kier molecular flexibility index (Phi) is 4.47. The van der Waals surface area contributed by atoms with Crippen LogP contribution in [0.1, 0.15) is 23.2 Å². The molecule has 0 aromatic heterocycles. The molecule has 0 bridgehead atoms. The van der Waals surface area contributed by atoms with Gasteiger partial charge in [-0.05, 0) is 48.5 Å². The molecule has 0 radical (unpaired) electrons. The quantitative estimate of drug-likeness (QED) is 0.882. The standard InChI is InChI=1S/C13H16FNO2S/c14-12-7-10(1-2-11(12)13(16)17)15-8-9-3-5-18-6-4-9/h1-2,7,9,15H,3-6,8H2,(H,16,17). The molecule has 1 aromatic rings. The van der Waals surface area contributed by atoms with Crippen LogP contribution < -0.4 is 5.32 Å². The first-order chi connectivity index (χ1) is 8.66. The molecule has 1 heterocycles. The molecule has 1 aliphatic rings. The van der Waals surface area contributed by atoms with Crippen LogP contribution in [0.25, 0.3) is 0 Å². The first-order valence-electron chi connectivity index (χ1n) is 6.01. The molecule has 3 nitrogen and oxygen atoms in total. The van der Waals surface area contributed by atoms with Gasteiger partial charge in [0.1, 0.15) is 5.82 Å². The second kappa shape index (κ2) is 6.09. The predicted molar refractivity (Wildman–Crippen MR) is 71.9 cm³/mol. The van der Waals surface area contributed by atoms with Crippen molar-refractivity contribution in [2.45, 2.75) is 12.8 Å². The summed E-state index contributed by atoms with van der Waals surface area (Å²) < 4.78 is 13.4. The van der Waals surface area contributed by atoms with Crippen LogP contribution in [0.3, 0.4) is 0 Å². The van der Waals surface area contributed by atoms with Crippen molar-refractivity contribution >= 4 is 23.4 Å². The number of nitrogens with one attached hydrogen (secondary N) is 1. The van der Waals surface area contributed by atoms with Gasteiger partial charge < -0.3 is 10.4 Å². The Morgan fingerprint density at radius 3 is 2.78 bits per heavy atom. The smallest absolute Gasteiger partial charge is 0.338 e. The largest absolute Gasteiger partial charge is 0.478 e. The van der Waals surface area contributed by atoms with Crippen LogP contribution in [0.15, 0.2) is 18.2 Å². The maximum Gasteiger partial charge on any atom is 0.338 e. The summed E-state index contributed by atoms with van der Waals surface area (Å²) in [5, 5.41) is 11.9. The van der Waals surface area contributed by atoms with E-state index in [9.17, 15) is 9.18 Å². The fraction of sp³-hybridized carbons (Fsp3) is 0.462. The molecule has 1 aliphatic heterocycles. The summed E-state index contributed by atoms with van der Waals surface area (Å²) in [6, 6.07) is 4.17. The van der Waals surface area contributed by atoms with Crippen LogP contribution in [0.5, 0.6) is 0 Å². The second-order valence-corrected chi connectivity index (χ2v) is 5.66. The zero-order valence-electron chi connectivity index (χ0n) is 9.99. The van der Waals surface area contributed by atoms with E-state index < -0.39 is 11.8 Å². The lowest BCUT2D eigenvalue weighted by molar-refractivity contribution is 0.0692. The first kappa shape index (κ1) is 13.2. The van der Waals surface area contributed by atoms with Gasteiger partial charge >= 0.3 is 5.97 Å². The topological polar surface area (TPSA) is 49.3 Å². The highest BCUT2D eigenvalue weighted by Gasteiger charge is 2.14. The fourth-order valence-corrected chi connectivity index (χ4v) is 3.22. The van der Waals surface area contributed by atoms with E-state index in [0.717, 1.165) is 6.54 Å². The molecule has 0 saturated carbocycles. The van der Waals surface area contributed by atoms with Crippen molar-refractivity contribution in [3.8, 4) is 0 Å². The number of rotatable bonds is 4. The van der Waals surface area contributed by atoms with Gasteiger partial charge in [0.25, 0.3) is 0 Å². The first-order valence-corrected chi connectivity index (χ1v) is 7.17. The molecule has 0 atom stereocenters. The lowest BCUT2D eigenvalue weighted by Gasteiger charge is -2.22. The summed E-state index contributed by atoms with van der Waals surface area (Å²) in [5.41, 5.74) is 0.366. The summed E-state index contributed by atoms with van der Waals surface area (Å²) in [7, 11) is 0. The van der Waals surface area contributed by atoms with Gasteiger partial charge in [0.05, 0.1) is 5.56 Å². The van der Waals surface area contributed by atoms with E-state index in [2.05, 4.69) is 5.32 Å². The van der Waals surface area contributed by atoms with Gasteiger partial charge in [-0.25, -0.2) is 9.18 Å². The highest BCUT2D eigenvalue weighted by atomic mass is 32.2. The molecule has 0 amide bonds. The number of hydrogen-bond donors (Lipinski definition) is 2. The van der Waals surface area contributed by atoms with Crippen molar-refractivity contribution in [2.75, 3.05) is 23.4 Å². The molecule has 2 N–H and O–H groups in total. The molecule has 0 unspecified atom stereocenters. The number of carboxylic acid groups (broad SMARTS) is 1. The molecular weight excluding hydrogens is 253 g/mol. The van der Waals surface area contributed by atoms with Gasteiger partial charge in [0.2, 0.25) is 0 Å². The van der Waals surface area contributed by atoms with E-state index in [1.807, 2.05) is 11.8 Å². The zero-order chi connectivity index (χ0) is 13.0. The Balaban J connectivity index is 1.93. The lowest BCUT2D eigenvalue weighted by atomic mass is 10.0. The highest BCUT2D eigenvalue weighted by molar-refractivity contribution is 7.99. The maximum atomic E-state index is 13.4. The molecule has 5 heteroatoms. The van der Waals surface area contributed by atoms with E-state index in [0.29, 0.717) is 11.6 Å². The summed E-state index contributed by atoms with van der Waals surface area (Å²) in [6.07, 6.45) is 2.38. The van der Waals surface area contributed by atoms with Gasteiger partial charge in [-0.1, -0.05) is 0 Å². The van der Waals surface area contributed by atoms with E-state index in [1.54, 1.807) is 6.07 Å². The number of halogens is 1. The maximum absolute atomic E-state index is 13.4. The number of thioether (sulfide) groups is 1. The van der Waals surface area contributed by atoms with Crippen LogP contribution >= 0.6 is 11.8 Å². The van der Waals surface area contributed by atoms with Crippen molar-refractivity contribution in [1.29, 1.82) is 0 Å². The van der Waals surface area contributed by atoms with Crippen molar-refractivity contribution in [3.63, 3.8) is 0 Å². The Morgan fingerprint density at radius 1 is 1.44 bits per heavy atom. The minimum Gasteiger partial charge on any atom is -0.478 e. The minimum absolute atomic E-state index is 0.283. The van der Waals surface area contributed by atoms with Crippen LogP contribution in [0.2, 0.25) is 0 Å². The number of anilines is 1. The summed E-state index contributed by atoms with van der Waals surface area (Å²) in [6.45, 7) is 0.826. The van der Waals surface area contributed by atoms with Crippen LogP contribution in [0, 0.1) is 11.7 Å². The molecule has 0 spiro atoms. The molecule has 2 rings (SSSR count). The molecular formula is C13H16FNO2S. The van der Waals surface area contributed by atoms with Crippen LogP contribution in [0.4, 0.5) is 10.1 Å². The van der Waals surface area contributed by atoms with Gasteiger partial charge in [0.15, 0.2) is 0 Å². The molecule has 1 aromatic carbocycles. The highest BCUT2D eigenvalue weighted by Crippen LogP contribution is 2.23. The summed E-state index contributed by atoms with van der Waals surface area (Å²) in [4.78, 5) is 10.7. The Morgan fingerprint density at radius 2 is 2.17 bits per heavy atom. The number of benzene rings is 1. The Labute approximate surface area is 110 Å². The third-order valence-corrected chi connectivity index (χ3v) is 4.18. The second-order valence-electron chi connectivity index (χ2n) is 4.44. The molecule has 18 heavy (non-hydrogen) atoms. The summed E-state index contributed by atoms with van der Waals surface area (Å²) in [5.74, 6) is 1.10. The zero-order valence-corrected chi connectivity index (χ0v) is 10.8. The van der Waals surface area contributed by atoms with Crippen LogP contribution in [-0.2, 0) is 0 Å². The molecule has 1 fully saturated rings. The van der Waals surface area contributed by atoms with Crippen molar-refractivity contribution in [1.82, 2.24) is 0 Å². The van der Waals surface area contributed by atoms with Gasteiger partial charge in [0, 0.05) is 12.2 Å². The third-order valence-electron chi connectivity index (χ3n) is 3.14. The Hall–Kier alpha value is -1.23. The van der Waals surface area contributed by atoms with E-state index in [4.69, 9.17) is 5.11 Å². The van der Waals surface area contributed by atoms with Gasteiger partial charge in [-0.15, -0.1) is 0 Å². The van der Waals surface area contributed by atoms with Gasteiger partial charge in [-0.2, -0.15) is 11.8 Å². The molecule has 0 aliphatic carbocycles. The lowest BCUT2D eigenvalue weighted by Crippen LogP contribution is -2.19. The Bertz CT molecular complexity index is 433. The number of hydrogen-bond acceptors (Lipinski definition) is 3. The third kappa shape index (κ3) is 3.38. The van der Waals surface area contributed by atoms with Crippen molar-refractivity contribution in [3.05, 3.63) is 29.6 Å². The predicted octanol–water partition coefficient (Wildman–Crippen LogP) is 3.08. The number of carboxylic acids is 1. The van der Waals surface area contributed by atoms with E-state index in [1.165, 1.54) is 36.5 Å². The average Bonchev–Trinajstić information content (AvgIpc) is 2.37. The van der Waals surface area contributed by atoms with Crippen LogP contribution in [-0.4, -0.2) is 29.1 Å². The van der Waals surface area contributed by atoms with Crippen molar-refractivity contribution < 1.29 is 14.3 Å². The molecule has 98 valence electrons. The minimum atomic E-state index is -1.23. The van der Waals surface area contributed by atoms with E-state index >= 15 is 0 Å².